The first-order valence-electron chi connectivity index (χ1n) is 10.2. The predicted molar refractivity (Wildman–Crippen MR) is 116 cm³/mol. The van der Waals surface area contributed by atoms with Crippen LogP contribution in [0.1, 0.15) is 35.6 Å². The number of rotatable bonds is 3. The number of hydrogen-bond acceptors (Lipinski definition) is 6. The largest absolute Gasteiger partial charge is 0.417 e. The number of alkyl halides is 3. The molecule has 0 amide bonds. The first-order valence-corrected chi connectivity index (χ1v) is 10.2. The molecule has 1 aromatic carbocycles. The fourth-order valence-corrected chi connectivity index (χ4v) is 4.11. The molecule has 4 aromatic rings. The Kier molecular flexibility index (Phi) is 6.02. The molecule has 8 nitrogen and oxygen atoms in total. The summed E-state index contributed by atoms with van der Waals surface area (Å²) in [6, 6.07) is 5.43. The monoisotopic (exact) mass is 480 g/mol. The molecule has 0 spiro atoms. The normalized spacial score (nSPS) is 15.0. The Morgan fingerprint density at radius 1 is 1.15 bits per heavy atom. The lowest BCUT2D eigenvalue weighted by atomic mass is 9.94. The average molecular weight is 481 g/mol. The van der Waals surface area contributed by atoms with Gasteiger partial charge in [0.05, 0.1) is 28.6 Å². The van der Waals surface area contributed by atoms with Crippen LogP contribution in [0.3, 0.4) is 0 Å². The molecule has 0 saturated carbocycles. The summed E-state index contributed by atoms with van der Waals surface area (Å²) in [4.78, 5) is 19.3. The van der Waals surface area contributed by atoms with E-state index in [1.165, 1.54) is 18.3 Å². The van der Waals surface area contributed by atoms with Gasteiger partial charge in [-0.3, -0.25) is 4.79 Å². The summed E-state index contributed by atoms with van der Waals surface area (Å²) in [7, 11) is 0. The van der Waals surface area contributed by atoms with E-state index in [0.717, 1.165) is 37.7 Å². The Balaban J connectivity index is 0.00000259. The van der Waals surface area contributed by atoms with Gasteiger partial charge in [-0.15, -0.1) is 12.4 Å². The number of aryl methyl sites for hydroxylation is 1. The Labute approximate surface area is 191 Å². The molecule has 1 aliphatic rings. The number of nitrogens with one attached hydrogen (secondary N) is 2. The van der Waals surface area contributed by atoms with Gasteiger partial charge >= 0.3 is 6.18 Å². The molecule has 0 unspecified atom stereocenters. The number of piperidine rings is 1. The highest BCUT2D eigenvalue weighted by atomic mass is 35.5. The van der Waals surface area contributed by atoms with Crippen molar-refractivity contribution in [1.82, 2.24) is 30.1 Å². The van der Waals surface area contributed by atoms with Gasteiger partial charge in [-0.2, -0.15) is 23.3 Å². The first-order chi connectivity index (χ1) is 15.3. The molecule has 1 saturated heterocycles. The second-order valence-corrected chi connectivity index (χ2v) is 7.87. The Hall–Kier alpha value is -3.18. The van der Waals surface area contributed by atoms with Gasteiger partial charge in [-0.25, -0.2) is 4.52 Å². The van der Waals surface area contributed by atoms with Crippen molar-refractivity contribution in [2.24, 2.45) is 0 Å². The summed E-state index contributed by atoms with van der Waals surface area (Å²) >= 11 is 0. The lowest BCUT2D eigenvalue weighted by Crippen LogP contribution is -2.28. The number of nitrogens with zero attached hydrogens (tertiary/aromatic N) is 4. The molecular formula is C21H20ClF3N6O2. The SMILES string of the molecule is Cc1ccc(-c2nc(-c3cnn4c(C5CCNCC5)cc(=O)[nH]c34)no2)c(C(F)(F)F)c1.Cl. The number of hydrogen-bond donors (Lipinski definition) is 2. The molecule has 0 bridgehead atoms. The topological polar surface area (TPSA) is 101 Å². The quantitative estimate of drug-likeness (QED) is 0.460. The number of fused-ring (bicyclic) bond motifs is 1. The molecule has 1 fully saturated rings. The number of H-pyrrole nitrogens is 1. The third-order valence-corrected chi connectivity index (χ3v) is 5.67. The number of aromatic amines is 1. The average Bonchev–Trinajstić information content (AvgIpc) is 3.40. The summed E-state index contributed by atoms with van der Waals surface area (Å²) in [6.07, 6.45) is -1.36. The highest BCUT2D eigenvalue weighted by molar-refractivity contribution is 5.85. The van der Waals surface area contributed by atoms with Gasteiger partial charge in [0.2, 0.25) is 5.82 Å². The molecule has 2 N–H and O–H groups in total. The van der Waals surface area contributed by atoms with Crippen molar-refractivity contribution in [3.8, 4) is 22.8 Å². The van der Waals surface area contributed by atoms with Crippen LogP contribution in [0.5, 0.6) is 0 Å². The highest BCUT2D eigenvalue weighted by Crippen LogP contribution is 2.38. The lowest BCUT2D eigenvalue weighted by Gasteiger charge is -2.23. The zero-order valence-corrected chi connectivity index (χ0v) is 18.3. The molecular weight excluding hydrogens is 461 g/mol. The van der Waals surface area contributed by atoms with Crippen molar-refractivity contribution in [2.45, 2.75) is 31.9 Å². The standard InChI is InChI=1S/C21H19F3N6O2.ClH/c1-11-2-3-13(15(8-11)21(22,23)24)20-28-18(29-32-20)14-10-26-30-16(9-17(31)27-19(14)30)12-4-6-25-7-5-12;/h2-3,8-10,12,25H,4-7H2,1H3,(H,27,31);1H. The summed E-state index contributed by atoms with van der Waals surface area (Å²) in [5, 5.41) is 11.5. The van der Waals surface area contributed by atoms with Crippen molar-refractivity contribution < 1.29 is 17.7 Å². The Morgan fingerprint density at radius 3 is 2.64 bits per heavy atom. The molecule has 0 atom stereocenters. The van der Waals surface area contributed by atoms with Crippen LogP contribution in [0.4, 0.5) is 13.2 Å². The molecule has 0 aliphatic carbocycles. The second kappa shape index (κ2) is 8.64. The lowest BCUT2D eigenvalue weighted by molar-refractivity contribution is -0.137. The Morgan fingerprint density at radius 2 is 1.91 bits per heavy atom. The highest BCUT2D eigenvalue weighted by Gasteiger charge is 2.35. The van der Waals surface area contributed by atoms with E-state index in [2.05, 4.69) is 25.5 Å². The summed E-state index contributed by atoms with van der Waals surface area (Å²) in [5.74, 6) is -0.0538. The van der Waals surface area contributed by atoms with Crippen LogP contribution in [0.15, 0.2) is 39.8 Å². The molecule has 1 aliphatic heterocycles. The minimum absolute atomic E-state index is 0. The number of aromatic nitrogens is 5. The fraction of sp³-hybridized carbons (Fsp3) is 0.333. The van der Waals surface area contributed by atoms with Crippen molar-refractivity contribution >= 4 is 18.1 Å². The van der Waals surface area contributed by atoms with Crippen molar-refractivity contribution in [3.63, 3.8) is 0 Å². The Bertz CT molecular complexity index is 1350. The van der Waals surface area contributed by atoms with Crippen LogP contribution in [0, 0.1) is 6.92 Å². The van der Waals surface area contributed by atoms with Crippen molar-refractivity contribution in [2.75, 3.05) is 13.1 Å². The maximum Gasteiger partial charge on any atom is 0.417 e. The van der Waals surface area contributed by atoms with E-state index in [4.69, 9.17) is 4.52 Å². The summed E-state index contributed by atoms with van der Waals surface area (Å²) in [6.45, 7) is 3.27. The van der Waals surface area contributed by atoms with Gasteiger partial charge in [-0.05, 0) is 45.0 Å². The third kappa shape index (κ3) is 4.25. The zero-order valence-electron chi connectivity index (χ0n) is 17.4. The van der Waals surface area contributed by atoms with E-state index in [1.807, 2.05) is 0 Å². The van der Waals surface area contributed by atoms with Gasteiger partial charge in [-0.1, -0.05) is 16.8 Å². The molecule has 3 aromatic heterocycles. The van der Waals surface area contributed by atoms with Gasteiger partial charge in [0.1, 0.15) is 5.65 Å². The van der Waals surface area contributed by atoms with E-state index in [-0.39, 0.29) is 41.2 Å². The van der Waals surface area contributed by atoms with E-state index >= 15 is 0 Å². The molecule has 5 rings (SSSR count). The van der Waals surface area contributed by atoms with E-state index < -0.39 is 11.7 Å². The van der Waals surface area contributed by atoms with Gasteiger partial charge in [0.25, 0.3) is 11.4 Å². The van der Waals surface area contributed by atoms with Crippen LogP contribution >= 0.6 is 12.4 Å². The predicted octanol–water partition coefficient (Wildman–Crippen LogP) is 3.96. The summed E-state index contributed by atoms with van der Waals surface area (Å²) in [5.41, 5.74) is 0.627. The van der Waals surface area contributed by atoms with Gasteiger partial charge < -0.3 is 14.8 Å². The zero-order chi connectivity index (χ0) is 22.5. The van der Waals surface area contributed by atoms with E-state index in [1.54, 1.807) is 17.5 Å². The van der Waals surface area contributed by atoms with Crippen LogP contribution in [0.2, 0.25) is 0 Å². The van der Waals surface area contributed by atoms with Crippen LogP contribution in [-0.2, 0) is 6.18 Å². The molecule has 0 radical (unpaired) electrons. The smallest absolute Gasteiger partial charge is 0.334 e. The van der Waals surface area contributed by atoms with E-state index in [9.17, 15) is 18.0 Å². The molecule has 33 heavy (non-hydrogen) atoms. The van der Waals surface area contributed by atoms with Crippen LogP contribution in [0.25, 0.3) is 28.5 Å². The van der Waals surface area contributed by atoms with Gasteiger partial charge in [0, 0.05) is 12.0 Å². The minimum Gasteiger partial charge on any atom is -0.334 e. The number of halogens is 4. The minimum atomic E-state index is -4.57. The molecule has 4 heterocycles. The van der Waals surface area contributed by atoms with Gasteiger partial charge in [0.15, 0.2) is 0 Å². The second-order valence-electron chi connectivity index (χ2n) is 7.87. The summed E-state index contributed by atoms with van der Waals surface area (Å²) < 4.78 is 47.4. The maximum atomic E-state index is 13.5. The van der Waals surface area contributed by atoms with E-state index in [0.29, 0.717) is 16.8 Å². The van der Waals surface area contributed by atoms with Crippen molar-refractivity contribution in [1.29, 1.82) is 0 Å². The maximum absolute atomic E-state index is 13.5. The van der Waals surface area contributed by atoms with Crippen molar-refractivity contribution in [3.05, 3.63) is 57.6 Å². The third-order valence-electron chi connectivity index (χ3n) is 5.67. The number of benzene rings is 1. The first kappa shape index (κ1) is 23.0. The fourth-order valence-electron chi connectivity index (χ4n) is 4.11. The molecule has 12 heteroatoms. The van der Waals surface area contributed by atoms with Crippen LogP contribution in [-0.4, -0.2) is 37.8 Å². The molecule has 174 valence electrons. The van der Waals surface area contributed by atoms with Crippen LogP contribution < -0.4 is 10.9 Å².